The van der Waals surface area contributed by atoms with E-state index in [0.29, 0.717) is 5.82 Å². The lowest BCUT2D eigenvalue weighted by atomic mass is 10.0. The Hall–Kier alpha value is -2.55. The van der Waals surface area contributed by atoms with Crippen LogP contribution in [-0.4, -0.2) is 9.78 Å². The summed E-state index contributed by atoms with van der Waals surface area (Å²) in [6.07, 6.45) is 0. The van der Waals surface area contributed by atoms with Gasteiger partial charge in [0.1, 0.15) is 5.82 Å². The summed E-state index contributed by atoms with van der Waals surface area (Å²) in [5.41, 5.74) is 11.5. The number of nitrogens with two attached hydrogens (primary N) is 1. The molecule has 2 aromatic carbocycles. The quantitative estimate of drug-likeness (QED) is 0.767. The lowest BCUT2D eigenvalue weighted by Gasteiger charge is -2.06. The third-order valence-electron chi connectivity index (χ3n) is 3.59. The molecule has 3 rings (SSSR count). The fourth-order valence-electron chi connectivity index (χ4n) is 2.51. The maximum Gasteiger partial charge on any atom is 0.148 e. The number of rotatable bonds is 2. The number of aryl methyl sites for hydroxylation is 1. The second kappa shape index (κ2) is 4.85. The first-order valence-electron chi connectivity index (χ1n) is 6.62. The zero-order valence-corrected chi connectivity index (χ0v) is 11.7. The summed E-state index contributed by atoms with van der Waals surface area (Å²) in [5.74, 6) is 0.592. The minimum absolute atomic E-state index is 0.592. The Morgan fingerprint density at radius 2 is 1.40 bits per heavy atom. The Kier molecular flexibility index (Phi) is 3.03. The molecule has 0 atom stereocenters. The second-order valence-corrected chi connectivity index (χ2v) is 4.93. The van der Waals surface area contributed by atoms with Gasteiger partial charge in [-0.05, 0) is 18.1 Å². The summed E-state index contributed by atoms with van der Waals surface area (Å²) in [5, 5.41) is 4.26. The number of anilines is 1. The van der Waals surface area contributed by atoms with Gasteiger partial charge in [0, 0.05) is 18.2 Å². The van der Waals surface area contributed by atoms with Gasteiger partial charge in [-0.1, -0.05) is 54.6 Å². The van der Waals surface area contributed by atoms with Crippen LogP contribution in [0.2, 0.25) is 0 Å². The monoisotopic (exact) mass is 263 g/mol. The fourth-order valence-corrected chi connectivity index (χ4v) is 2.51. The molecule has 0 radical (unpaired) electrons. The van der Waals surface area contributed by atoms with Crippen molar-refractivity contribution in [3.05, 3.63) is 60.2 Å². The lowest BCUT2D eigenvalue weighted by Crippen LogP contribution is -1.94. The van der Waals surface area contributed by atoms with Crippen molar-refractivity contribution in [2.24, 2.45) is 7.05 Å². The topological polar surface area (TPSA) is 43.8 Å². The van der Waals surface area contributed by atoms with E-state index in [1.807, 2.05) is 24.7 Å². The zero-order valence-electron chi connectivity index (χ0n) is 11.7. The van der Waals surface area contributed by atoms with E-state index < -0.39 is 0 Å². The SMILES string of the molecule is Cc1c(N)nn(C)c1-c1ccc(-c2ccccc2)cc1. The Morgan fingerprint density at radius 1 is 0.850 bits per heavy atom. The molecule has 3 aromatic rings. The minimum atomic E-state index is 0.592. The van der Waals surface area contributed by atoms with Gasteiger partial charge in [0.15, 0.2) is 0 Å². The van der Waals surface area contributed by atoms with Crippen molar-refractivity contribution in [1.82, 2.24) is 9.78 Å². The summed E-state index contributed by atoms with van der Waals surface area (Å²) in [4.78, 5) is 0. The summed E-state index contributed by atoms with van der Waals surface area (Å²) < 4.78 is 1.84. The molecule has 2 N–H and O–H groups in total. The maximum absolute atomic E-state index is 5.87. The molecule has 0 saturated carbocycles. The van der Waals surface area contributed by atoms with Crippen molar-refractivity contribution in [3.63, 3.8) is 0 Å². The number of aromatic nitrogens is 2. The summed E-state index contributed by atoms with van der Waals surface area (Å²) >= 11 is 0. The summed E-state index contributed by atoms with van der Waals surface area (Å²) in [7, 11) is 1.92. The predicted octanol–water partition coefficient (Wildman–Crippen LogP) is 3.64. The number of nitrogens with zero attached hydrogens (tertiary/aromatic N) is 2. The van der Waals surface area contributed by atoms with Crippen LogP contribution in [-0.2, 0) is 7.05 Å². The van der Waals surface area contributed by atoms with Gasteiger partial charge in [-0.15, -0.1) is 0 Å². The van der Waals surface area contributed by atoms with Crippen LogP contribution in [0.4, 0.5) is 5.82 Å². The molecular formula is C17H17N3. The van der Waals surface area contributed by atoms with Crippen LogP contribution in [0.1, 0.15) is 5.56 Å². The van der Waals surface area contributed by atoms with Gasteiger partial charge in [0.05, 0.1) is 5.69 Å². The van der Waals surface area contributed by atoms with Gasteiger partial charge in [-0.2, -0.15) is 5.10 Å². The Balaban J connectivity index is 2.02. The van der Waals surface area contributed by atoms with Gasteiger partial charge >= 0.3 is 0 Å². The first-order chi connectivity index (χ1) is 9.66. The largest absolute Gasteiger partial charge is 0.382 e. The minimum Gasteiger partial charge on any atom is -0.382 e. The zero-order chi connectivity index (χ0) is 14.1. The molecule has 0 aliphatic heterocycles. The van der Waals surface area contributed by atoms with E-state index >= 15 is 0 Å². The molecule has 1 aromatic heterocycles. The molecule has 0 bridgehead atoms. The van der Waals surface area contributed by atoms with Crippen molar-refractivity contribution in [2.45, 2.75) is 6.92 Å². The van der Waals surface area contributed by atoms with Crippen molar-refractivity contribution >= 4 is 5.82 Å². The lowest BCUT2D eigenvalue weighted by molar-refractivity contribution is 0.780. The molecule has 0 amide bonds. The first kappa shape index (κ1) is 12.5. The molecule has 0 saturated heterocycles. The van der Waals surface area contributed by atoms with Crippen LogP contribution in [0.3, 0.4) is 0 Å². The van der Waals surface area contributed by atoms with E-state index in [-0.39, 0.29) is 0 Å². The van der Waals surface area contributed by atoms with E-state index in [0.717, 1.165) is 16.8 Å². The van der Waals surface area contributed by atoms with Crippen molar-refractivity contribution < 1.29 is 0 Å². The molecule has 0 spiro atoms. The summed E-state index contributed by atoms with van der Waals surface area (Å²) in [6, 6.07) is 18.9. The van der Waals surface area contributed by atoms with Crippen LogP contribution in [0.5, 0.6) is 0 Å². The molecule has 20 heavy (non-hydrogen) atoms. The Labute approximate surface area is 118 Å². The van der Waals surface area contributed by atoms with Gasteiger partial charge in [-0.25, -0.2) is 0 Å². The van der Waals surface area contributed by atoms with Crippen LogP contribution in [0, 0.1) is 6.92 Å². The van der Waals surface area contributed by atoms with Gasteiger partial charge < -0.3 is 5.73 Å². The van der Waals surface area contributed by atoms with Gasteiger partial charge in [0.2, 0.25) is 0 Å². The van der Waals surface area contributed by atoms with Gasteiger partial charge in [0.25, 0.3) is 0 Å². The highest BCUT2D eigenvalue weighted by molar-refractivity contribution is 5.72. The predicted molar refractivity (Wildman–Crippen MR) is 83.2 cm³/mol. The van der Waals surface area contributed by atoms with Crippen LogP contribution in [0.25, 0.3) is 22.4 Å². The number of nitrogen functional groups attached to an aromatic ring is 1. The molecule has 100 valence electrons. The molecular weight excluding hydrogens is 246 g/mol. The van der Waals surface area contributed by atoms with Crippen LogP contribution in [0.15, 0.2) is 54.6 Å². The molecule has 3 heteroatoms. The number of hydrogen-bond donors (Lipinski definition) is 1. The molecule has 3 nitrogen and oxygen atoms in total. The second-order valence-electron chi connectivity index (χ2n) is 4.93. The normalized spacial score (nSPS) is 10.7. The van der Waals surface area contributed by atoms with E-state index in [1.165, 1.54) is 11.1 Å². The van der Waals surface area contributed by atoms with Crippen molar-refractivity contribution in [3.8, 4) is 22.4 Å². The highest BCUT2D eigenvalue weighted by Gasteiger charge is 2.11. The third kappa shape index (κ3) is 2.07. The molecule has 0 unspecified atom stereocenters. The molecule has 1 heterocycles. The first-order valence-corrected chi connectivity index (χ1v) is 6.62. The average molecular weight is 263 g/mol. The van der Waals surface area contributed by atoms with Crippen LogP contribution < -0.4 is 5.73 Å². The van der Waals surface area contributed by atoms with Gasteiger partial charge in [-0.3, -0.25) is 4.68 Å². The molecule has 0 aliphatic carbocycles. The van der Waals surface area contributed by atoms with E-state index in [1.54, 1.807) is 0 Å². The highest BCUT2D eigenvalue weighted by Crippen LogP contribution is 2.28. The standard InChI is InChI=1S/C17H17N3/c1-12-16(20(2)19-17(12)18)15-10-8-14(9-11-15)13-6-4-3-5-7-13/h3-11H,1-2H3,(H2,18,19). The smallest absolute Gasteiger partial charge is 0.148 e. The van der Waals surface area contributed by atoms with Crippen LogP contribution >= 0.6 is 0 Å². The summed E-state index contributed by atoms with van der Waals surface area (Å²) in [6.45, 7) is 2.00. The fraction of sp³-hybridized carbons (Fsp3) is 0.118. The average Bonchev–Trinajstić information content (AvgIpc) is 2.73. The van der Waals surface area contributed by atoms with Crippen molar-refractivity contribution in [1.29, 1.82) is 0 Å². The van der Waals surface area contributed by atoms with E-state index in [9.17, 15) is 0 Å². The molecule has 0 fully saturated rings. The van der Waals surface area contributed by atoms with E-state index in [2.05, 4.69) is 53.6 Å². The Morgan fingerprint density at radius 3 is 1.95 bits per heavy atom. The number of hydrogen-bond acceptors (Lipinski definition) is 2. The third-order valence-corrected chi connectivity index (χ3v) is 3.59. The highest BCUT2D eigenvalue weighted by atomic mass is 15.3. The maximum atomic E-state index is 5.87. The Bertz CT molecular complexity index is 725. The van der Waals surface area contributed by atoms with Crippen molar-refractivity contribution in [2.75, 3.05) is 5.73 Å². The number of benzene rings is 2. The van der Waals surface area contributed by atoms with E-state index in [4.69, 9.17) is 5.73 Å². The molecule has 0 aliphatic rings.